The Morgan fingerprint density at radius 2 is 1.75 bits per heavy atom. The van der Waals surface area contributed by atoms with Crippen LogP contribution in [0.3, 0.4) is 0 Å². The van der Waals surface area contributed by atoms with Gasteiger partial charge in [0.25, 0.3) is 0 Å². The van der Waals surface area contributed by atoms with Gasteiger partial charge < -0.3 is 5.32 Å². The van der Waals surface area contributed by atoms with Crippen molar-refractivity contribution in [3.8, 4) is 0 Å². The highest BCUT2D eigenvalue weighted by Crippen LogP contribution is 2.38. The number of hydrogen-bond acceptors (Lipinski definition) is 1. The Kier molecular flexibility index (Phi) is 4.09. The van der Waals surface area contributed by atoms with Crippen LogP contribution >= 0.6 is 11.6 Å². The Labute approximate surface area is 126 Å². The third-order valence-corrected chi connectivity index (χ3v) is 4.62. The van der Waals surface area contributed by atoms with Crippen LogP contribution in [0.5, 0.6) is 0 Å². The van der Waals surface area contributed by atoms with Crippen molar-refractivity contribution >= 4 is 11.6 Å². The molecule has 2 aromatic rings. The van der Waals surface area contributed by atoms with E-state index in [1.165, 1.54) is 23.1 Å². The molecular weight excluding hydrogens is 266 g/mol. The third kappa shape index (κ3) is 2.74. The number of halogens is 1. The highest BCUT2D eigenvalue weighted by atomic mass is 35.5. The van der Waals surface area contributed by atoms with Gasteiger partial charge in [-0.25, -0.2) is 0 Å². The lowest BCUT2D eigenvalue weighted by Gasteiger charge is -2.34. The van der Waals surface area contributed by atoms with Gasteiger partial charge in [-0.2, -0.15) is 0 Å². The molecule has 0 aromatic heterocycles. The molecule has 0 bridgehead atoms. The molecule has 1 heterocycles. The van der Waals surface area contributed by atoms with Crippen molar-refractivity contribution in [2.24, 2.45) is 0 Å². The molecule has 1 saturated heterocycles. The maximum atomic E-state index is 6.01. The number of piperidine rings is 1. The Balaban J connectivity index is 1.95. The third-order valence-electron chi connectivity index (χ3n) is 4.37. The van der Waals surface area contributed by atoms with E-state index in [0.29, 0.717) is 11.8 Å². The van der Waals surface area contributed by atoms with E-state index in [2.05, 4.69) is 48.6 Å². The molecule has 0 radical (unpaired) electrons. The van der Waals surface area contributed by atoms with E-state index >= 15 is 0 Å². The van der Waals surface area contributed by atoms with Gasteiger partial charge in [0.1, 0.15) is 0 Å². The molecule has 3 rings (SSSR count). The molecule has 2 unspecified atom stereocenters. The predicted octanol–water partition coefficient (Wildman–Crippen LogP) is 4.51. The molecule has 0 spiro atoms. The van der Waals surface area contributed by atoms with Crippen LogP contribution in [0.4, 0.5) is 0 Å². The van der Waals surface area contributed by atoms with Crippen LogP contribution in [0.2, 0.25) is 5.02 Å². The highest BCUT2D eigenvalue weighted by molar-refractivity contribution is 6.30. The molecule has 0 amide bonds. The summed E-state index contributed by atoms with van der Waals surface area (Å²) in [6.07, 6.45) is 1.19. The van der Waals surface area contributed by atoms with Crippen LogP contribution in [0.25, 0.3) is 0 Å². The monoisotopic (exact) mass is 285 g/mol. The topological polar surface area (TPSA) is 12.0 Å². The van der Waals surface area contributed by atoms with E-state index in [1.54, 1.807) is 0 Å². The summed E-state index contributed by atoms with van der Waals surface area (Å²) in [4.78, 5) is 0. The fraction of sp³-hybridized carbons (Fsp3) is 0.333. The Bertz CT molecular complexity index is 576. The first-order valence-electron chi connectivity index (χ1n) is 7.27. The van der Waals surface area contributed by atoms with Crippen LogP contribution < -0.4 is 5.32 Å². The zero-order valence-electron chi connectivity index (χ0n) is 11.8. The summed E-state index contributed by atoms with van der Waals surface area (Å²) in [6.45, 7) is 4.36. The molecule has 1 aliphatic heterocycles. The number of hydrogen-bond donors (Lipinski definition) is 1. The maximum Gasteiger partial charge on any atom is 0.0406 e. The Hall–Kier alpha value is -1.31. The van der Waals surface area contributed by atoms with Crippen molar-refractivity contribution in [1.29, 1.82) is 0 Å². The van der Waals surface area contributed by atoms with Gasteiger partial charge in [-0.3, -0.25) is 0 Å². The SMILES string of the molecule is Cc1ccccc1C1CCNCC1c1ccc(Cl)cc1. The van der Waals surface area contributed by atoms with E-state index in [1.807, 2.05) is 12.1 Å². The fourth-order valence-corrected chi connectivity index (χ4v) is 3.42. The molecule has 1 nitrogen and oxygen atoms in total. The van der Waals surface area contributed by atoms with Gasteiger partial charge in [0.05, 0.1) is 0 Å². The smallest absolute Gasteiger partial charge is 0.0406 e. The molecule has 2 aromatic carbocycles. The summed E-state index contributed by atoms with van der Waals surface area (Å²) < 4.78 is 0. The lowest BCUT2D eigenvalue weighted by molar-refractivity contribution is 0.403. The quantitative estimate of drug-likeness (QED) is 0.856. The van der Waals surface area contributed by atoms with Crippen molar-refractivity contribution < 1.29 is 0 Å². The highest BCUT2D eigenvalue weighted by Gasteiger charge is 2.28. The minimum absolute atomic E-state index is 0.530. The largest absolute Gasteiger partial charge is 0.316 e. The molecule has 1 fully saturated rings. The van der Waals surface area contributed by atoms with Gasteiger partial charge in [-0.1, -0.05) is 48.0 Å². The van der Waals surface area contributed by atoms with Gasteiger partial charge in [0, 0.05) is 17.5 Å². The van der Waals surface area contributed by atoms with Crippen molar-refractivity contribution in [2.45, 2.75) is 25.2 Å². The fourth-order valence-electron chi connectivity index (χ4n) is 3.29. The van der Waals surface area contributed by atoms with E-state index < -0.39 is 0 Å². The molecule has 20 heavy (non-hydrogen) atoms. The van der Waals surface area contributed by atoms with Crippen LogP contribution in [0, 0.1) is 6.92 Å². The summed E-state index contributed by atoms with van der Waals surface area (Å²) in [5, 5.41) is 4.34. The zero-order valence-corrected chi connectivity index (χ0v) is 12.5. The second-order valence-electron chi connectivity index (χ2n) is 5.61. The second-order valence-corrected chi connectivity index (χ2v) is 6.05. The summed E-state index contributed by atoms with van der Waals surface area (Å²) in [5.41, 5.74) is 4.28. The summed E-state index contributed by atoms with van der Waals surface area (Å²) in [5.74, 6) is 1.13. The number of nitrogens with one attached hydrogen (secondary N) is 1. The van der Waals surface area contributed by atoms with Crippen LogP contribution in [0.15, 0.2) is 48.5 Å². The van der Waals surface area contributed by atoms with Crippen molar-refractivity contribution in [3.63, 3.8) is 0 Å². The van der Waals surface area contributed by atoms with E-state index in [9.17, 15) is 0 Å². The van der Waals surface area contributed by atoms with E-state index in [4.69, 9.17) is 11.6 Å². The summed E-state index contributed by atoms with van der Waals surface area (Å²) >= 11 is 6.01. The average molecular weight is 286 g/mol. The lowest BCUT2D eigenvalue weighted by atomic mass is 9.76. The first-order valence-corrected chi connectivity index (χ1v) is 7.65. The van der Waals surface area contributed by atoms with Crippen LogP contribution in [0.1, 0.15) is 34.9 Å². The van der Waals surface area contributed by atoms with Crippen LogP contribution in [-0.2, 0) is 0 Å². The molecule has 0 aliphatic carbocycles. The number of aryl methyl sites for hydroxylation is 1. The molecule has 0 saturated carbocycles. The predicted molar refractivity (Wildman–Crippen MR) is 85.6 cm³/mol. The Morgan fingerprint density at radius 3 is 2.50 bits per heavy atom. The molecule has 104 valence electrons. The first-order chi connectivity index (χ1) is 9.75. The standard InChI is InChI=1S/C18H20ClN/c1-13-4-2-3-5-16(13)17-10-11-20-12-18(17)14-6-8-15(19)9-7-14/h2-9,17-18,20H,10-12H2,1H3. The molecule has 1 N–H and O–H groups in total. The minimum Gasteiger partial charge on any atom is -0.316 e. The number of benzene rings is 2. The number of rotatable bonds is 2. The molecule has 2 atom stereocenters. The summed E-state index contributed by atoms with van der Waals surface area (Å²) in [7, 11) is 0. The average Bonchev–Trinajstić information content (AvgIpc) is 2.49. The maximum absolute atomic E-state index is 6.01. The van der Waals surface area contributed by atoms with E-state index in [-0.39, 0.29) is 0 Å². The lowest BCUT2D eigenvalue weighted by Crippen LogP contribution is -2.34. The van der Waals surface area contributed by atoms with Crippen molar-refractivity contribution in [1.82, 2.24) is 5.32 Å². The zero-order chi connectivity index (χ0) is 13.9. The van der Waals surface area contributed by atoms with Crippen molar-refractivity contribution in [3.05, 3.63) is 70.2 Å². The van der Waals surface area contributed by atoms with Crippen molar-refractivity contribution in [2.75, 3.05) is 13.1 Å². The van der Waals surface area contributed by atoms with Gasteiger partial charge >= 0.3 is 0 Å². The Morgan fingerprint density at radius 1 is 1.00 bits per heavy atom. The van der Waals surface area contributed by atoms with Gasteiger partial charge in [-0.05, 0) is 54.6 Å². The van der Waals surface area contributed by atoms with Gasteiger partial charge in [0.15, 0.2) is 0 Å². The molecule has 1 aliphatic rings. The van der Waals surface area contributed by atoms with Gasteiger partial charge in [-0.15, -0.1) is 0 Å². The summed E-state index contributed by atoms with van der Waals surface area (Å²) in [6, 6.07) is 17.1. The molecular formula is C18H20ClN. The second kappa shape index (κ2) is 5.99. The molecule has 2 heteroatoms. The van der Waals surface area contributed by atoms with Gasteiger partial charge in [0.2, 0.25) is 0 Å². The normalized spacial score (nSPS) is 22.7. The van der Waals surface area contributed by atoms with Crippen LogP contribution in [-0.4, -0.2) is 13.1 Å². The minimum atomic E-state index is 0.530. The first kappa shape index (κ1) is 13.7. The van der Waals surface area contributed by atoms with E-state index in [0.717, 1.165) is 18.1 Å².